The number of aryl methyl sites for hydroxylation is 1. The second kappa shape index (κ2) is 5.71. The molecule has 4 nitrogen and oxygen atoms in total. The van der Waals surface area contributed by atoms with Gasteiger partial charge >= 0.3 is 5.97 Å². The van der Waals surface area contributed by atoms with E-state index in [2.05, 4.69) is 9.97 Å². The number of hydrogen-bond acceptors (Lipinski definition) is 6. The lowest BCUT2D eigenvalue weighted by molar-refractivity contribution is 0.0531. The highest BCUT2D eigenvalue weighted by Gasteiger charge is 2.18. The number of nitrogens with zero attached hydrogens (tertiary/aromatic N) is 2. The maximum atomic E-state index is 11.9. The molecule has 0 fully saturated rings. The zero-order valence-electron chi connectivity index (χ0n) is 11.3. The summed E-state index contributed by atoms with van der Waals surface area (Å²) in [7, 11) is 0. The first-order chi connectivity index (χ1) is 10.1. The van der Waals surface area contributed by atoms with Gasteiger partial charge in [-0.05, 0) is 26.0 Å². The van der Waals surface area contributed by atoms with Gasteiger partial charge in [-0.1, -0.05) is 11.6 Å². The first kappa shape index (κ1) is 14.4. The van der Waals surface area contributed by atoms with Crippen molar-refractivity contribution >= 4 is 50.5 Å². The van der Waals surface area contributed by atoms with Crippen molar-refractivity contribution in [3.05, 3.63) is 33.9 Å². The maximum absolute atomic E-state index is 11.9. The Bertz CT molecular complexity index is 826. The van der Waals surface area contributed by atoms with E-state index >= 15 is 0 Å². The van der Waals surface area contributed by atoms with E-state index in [1.165, 1.54) is 22.7 Å². The summed E-state index contributed by atoms with van der Waals surface area (Å²) in [5, 5.41) is 1.46. The third-order valence-corrected chi connectivity index (χ3v) is 5.72. The number of carbonyl (C=O) groups is 1. The molecule has 108 valence electrons. The van der Waals surface area contributed by atoms with Crippen LogP contribution in [0, 0.1) is 6.92 Å². The highest BCUT2D eigenvalue weighted by molar-refractivity contribution is 7.26. The van der Waals surface area contributed by atoms with E-state index in [1.54, 1.807) is 19.2 Å². The first-order valence-electron chi connectivity index (χ1n) is 6.29. The number of halogens is 1. The van der Waals surface area contributed by atoms with E-state index in [0.29, 0.717) is 22.2 Å². The number of fused-ring (bicyclic) bond motifs is 1. The van der Waals surface area contributed by atoms with Gasteiger partial charge < -0.3 is 4.74 Å². The lowest BCUT2D eigenvalue weighted by Gasteiger charge is -1.97. The second-order valence-corrected chi connectivity index (χ2v) is 6.73. The lowest BCUT2D eigenvalue weighted by atomic mass is 10.3. The summed E-state index contributed by atoms with van der Waals surface area (Å²) in [5.41, 5.74) is 1.53. The van der Waals surface area contributed by atoms with Crippen molar-refractivity contribution in [2.45, 2.75) is 13.8 Å². The third kappa shape index (κ3) is 2.66. The minimum Gasteiger partial charge on any atom is -0.462 e. The average molecular weight is 339 g/mol. The normalized spacial score (nSPS) is 11.0. The molecule has 3 rings (SSSR count). The molecule has 0 amide bonds. The summed E-state index contributed by atoms with van der Waals surface area (Å²) in [6.45, 7) is 3.95. The summed E-state index contributed by atoms with van der Waals surface area (Å²) < 4.78 is 5.97. The highest BCUT2D eigenvalue weighted by Crippen LogP contribution is 2.38. The minimum atomic E-state index is -0.323. The van der Waals surface area contributed by atoms with Crippen molar-refractivity contribution in [2.24, 2.45) is 0 Å². The molecular weight excluding hydrogens is 328 g/mol. The van der Waals surface area contributed by atoms with Crippen LogP contribution in [0.1, 0.15) is 22.3 Å². The molecule has 0 radical (unpaired) electrons. The van der Waals surface area contributed by atoms with Gasteiger partial charge in [0, 0.05) is 6.20 Å². The molecule has 3 aromatic heterocycles. The van der Waals surface area contributed by atoms with Crippen LogP contribution in [0.3, 0.4) is 0 Å². The van der Waals surface area contributed by atoms with Gasteiger partial charge in [0.15, 0.2) is 0 Å². The summed E-state index contributed by atoms with van der Waals surface area (Å²) in [5.74, 6) is -0.323. The van der Waals surface area contributed by atoms with Crippen LogP contribution in [0.25, 0.3) is 20.1 Å². The molecule has 21 heavy (non-hydrogen) atoms. The zero-order valence-corrected chi connectivity index (χ0v) is 13.7. The van der Waals surface area contributed by atoms with Crippen LogP contribution in [-0.4, -0.2) is 22.5 Å². The monoisotopic (exact) mass is 338 g/mol. The Morgan fingerprint density at radius 2 is 2.24 bits per heavy atom. The molecule has 0 spiro atoms. The molecule has 7 heteroatoms. The SMILES string of the molecule is CCOC(=O)c1sc(-c2cc3nccc(Cl)c3s2)nc1C. The summed E-state index contributed by atoms with van der Waals surface area (Å²) in [4.78, 5) is 22.1. The Balaban J connectivity index is 2.05. The quantitative estimate of drug-likeness (QED) is 0.657. The van der Waals surface area contributed by atoms with Crippen molar-refractivity contribution in [2.75, 3.05) is 6.61 Å². The van der Waals surface area contributed by atoms with Crippen molar-refractivity contribution in [1.29, 1.82) is 0 Å². The predicted molar refractivity (Wildman–Crippen MR) is 86.4 cm³/mol. The Morgan fingerprint density at radius 1 is 1.43 bits per heavy atom. The summed E-state index contributed by atoms with van der Waals surface area (Å²) >= 11 is 9.03. The van der Waals surface area contributed by atoms with E-state index in [-0.39, 0.29) is 5.97 Å². The fourth-order valence-electron chi connectivity index (χ4n) is 1.90. The number of hydrogen-bond donors (Lipinski definition) is 0. The molecule has 0 aliphatic rings. The molecule has 0 aliphatic carbocycles. The van der Waals surface area contributed by atoms with Gasteiger partial charge in [-0.3, -0.25) is 4.98 Å². The summed E-state index contributed by atoms with van der Waals surface area (Å²) in [6.07, 6.45) is 1.68. The predicted octanol–water partition coefficient (Wildman–Crippen LogP) is 4.56. The number of thiazole rings is 1. The number of thiophene rings is 1. The smallest absolute Gasteiger partial charge is 0.350 e. The molecule has 0 atom stereocenters. The van der Waals surface area contributed by atoms with Crippen LogP contribution < -0.4 is 0 Å². The topological polar surface area (TPSA) is 52.1 Å². The van der Waals surface area contributed by atoms with Crippen LogP contribution >= 0.6 is 34.3 Å². The molecule has 0 bridgehead atoms. The lowest BCUT2D eigenvalue weighted by Crippen LogP contribution is -2.03. The molecule has 0 aromatic carbocycles. The van der Waals surface area contributed by atoms with Gasteiger partial charge in [-0.15, -0.1) is 22.7 Å². The van der Waals surface area contributed by atoms with Crippen molar-refractivity contribution < 1.29 is 9.53 Å². The van der Waals surface area contributed by atoms with Crippen LogP contribution in [0.5, 0.6) is 0 Å². The standard InChI is InChI=1S/C14H11ClN2O2S2/c1-3-19-14(18)11-7(2)17-13(21-11)10-6-9-12(20-10)8(15)4-5-16-9/h4-6H,3H2,1-2H3. The van der Waals surface area contributed by atoms with Crippen LogP contribution in [0.15, 0.2) is 18.3 Å². The van der Waals surface area contributed by atoms with Gasteiger partial charge in [0.25, 0.3) is 0 Å². The number of carbonyl (C=O) groups excluding carboxylic acids is 1. The van der Waals surface area contributed by atoms with Crippen molar-refractivity contribution in [1.82, 2.24) is 9.97 Å². The molecule has 0 saturated carbocycles. The Morgan fingerprint density at radius 3 is 2.95 bits per heavy atom. The van der Waals surface area contributed by atoms with Gasteiger partial charge in [-0.25, -0.2) is 9.78 Å². The zero-order chi connectivity index (χ0) is 15.0. The van der Waals surface area contributed by atoms with Gasteiger partial charge in [-0.2, -0.15) is 0 Å². The maximum Gasteiger partial charge on any atom is 0.350 e. The Hall–Kier alpha value is -1.50. The number of pyridine rings is 1. The number of esters is 1. The summed E-state index contributed by atoms with van der Waals surface area (Å²) in [6, 6.07) is 3.71. The largest absolute Gasteiger partial charge is 0.462 e. The number of ether oxygens (including phenoxy) is 1. The Labute approximate surface area is 134 Å². The first-order valence-corrected chi connectivity index (χ1v) is 8.30. The molecule has 3 heterocycles. The van der Waals surface area contributed by atoms with E-state index < -0.39 is 0 Å². The molecular formula is C14H11ClN2O2S2. The highest BCUT2D eigenvalue weighted by atomic mass is 35.5. The molecule has 3 aromatic rings. The van der Waals surface area contributed by atoms with Crippen LogP contribution in [0.2, 0.25) is 5.02 Å². The average Bonchev–Trinajstić information content (AvgIpc) is 3.03. The number of aromatic nitrogens is 2. The van der Waals surface area contributed by atoms with E-state index in [9.17, 15) is 4.79 Å². The van der Waals surface area contributed by atoms with Gasteiger partial charge in [0.2, 0.25) is 0 Å². The third-order valence-electron chi connectivity index (χ3n) is 2.83. The van der Waals surface area contributed by atoms with Crippen LogP contribution in [-0.2, 0) is 4.74 Å². The van der Waals surface area contributed by atoms with E-state index in [4.69, 9.17) is 16.3 Å². The van der Waals surface area contributed by atoms with E-state index in [1.807, 2.05) is 13.0 Å². The molecule has 0 unspecified atom stereocenters. The van der Waals surface area contributed by atoms with Crippen LogP contribution in [0.4, 0.5) is 0 Å². The van der Waals surface area contributed by atoms with Crippen molar-refractivity contribution in [3.8, 4) is 9.88 Å². The molecule has 0 N–H and O–H groups in total. The molecule has 0 aliphatic heterocycles. The molecule has 0 saturated heterocycles. The van der Waals surface area contributed by atoms with Gasteiger partial charge in [0.1, 0.15) is 9.88 Å². The minimum absolute atomic E-state index is 0.323. The van der Waals surface area contributed by atoms with Crippen molar-refractivity contribution in [3.63, 3.8) is 0 Å². The Kier molecular flexibility index (Phi) is 3.93. The van der Waals surface area contributed by atoms with E-state index in [0.717, 1.165) is 20.1 Å². The fraction of sp³-hybridized carbons (Fsp3) is 0.214. The van der Waals surface area contributed by atoms with Gasteiger partial charge in [0.05, 0.1) is 32.4 Å². The fourth-order valence-corrected chi connectivity index (χ4v) is 4.20. The second-order valence-electron chi connectivity index (χ2n) is 4.27. The number of rotatable bonds is 3.